The van der Waals surface area contributed by atoms with Crippen molar-refractivity contribution in [1.82, 2.24) is 0 Å². The summed E-state index contributed by atoms with van der Waals surface area (Å²) in [7, 11) is 0. The van der Waals surface area contributed by atoms with E-state index in [1.807, 2.05) is 0 Å². The average Bonchev–Trinajstić information content (AvgIpc) is 3.47. The molecule has 6 nitrogen and oxygen atoms in total. The zero-order chi connectivity index (χ0) is 59.2. The molecule has 0 aliphatic rings. The first-order valence-corrected chi connectivity index (χ1v) is 36.6. The second-order valence-corrected chi connectivity index (χ2v) is 24.9. The van der Waals surface area contributed by atoms with Gasteiger partial charge in [-0.25, -0.2) is 0 Å². The van der Waals surface area contributed by atoms with E-state index in [1.165, 1.54) is 289 Å². The molecule has 82 heavy (non-hydrogen) atoms. The second-order valence-electron chi connectivity index (χ2n) is 24.9. The van der Waals surface area contributed by atoms with E-state index in [-0.39, 0.29) is 31.1 Å². The predicted octanol–water partition coefficient (Wildman–Crippen LogP) is 25.3. The van der Waals surface area contributed by atoms with Crippen molar-refractivity contribution in [3.05, 3.63) is 48.6 Å². The van der Waals surface area contributed by atoms with Crippen LogP contribution in [0.3, 0.4) is 0 Å². The Morgan fingerprint density at radius 2 is 0.439 bits per heavy atom. The number of ether oxygens (including phenoxy) is 3. The van der Waals surface area contributed by atoms with E-state index in [9.17, 15) is 14.4 Å². The van der Waals surface area contributed by atoms with Crippen LogP contribution in [0.2, 0.25) is 0 Å². The molecule has 0 amide bonds. The topological polar surface area (TPSA) is 78.9 Å². The van der Waals surface area contributed by atoms with Crippen LogP contribution in [0, 0.1) is 0 Å². The average molecular weight is 1150 g/mol. The maximum Gasteiger partial charge on any atom is 0.306 e. The zero-order valence-electron chi connectivity index (χ0n) is 55.3. The standard InChI is InChI=1S/C76H140O6/c1-4-7-10-13-16-18-20-22-24-26-28-30-32-34-36-37-38-39-41-42-44-46-48-50-52-54-56-58-60-63-66-69-75(78)81-72-73(71-80-74(77)68-65-62-15-12-9-6-3)82-76(79)70-67-64-61-59-57-55-53-51-49-47-45-43-40-35-33-31-29-27-25-23-21-19-17-14-11-8-5-2/h21,23,26-29,33,35,73H,4-20,22,24-25,30-32,34,36-72H2,1-3H3/b23-21-,28-26-,29-27-,35-33-. The minimum atomic E-state index is -0.770. The monoisotopic (exact) mass is 1150 g/mol. The summed E-state index contributed by atoms with van der Waals surface area (Å²) >= 11 is 0. The van der Waals surface area contributed by atoms with Gasteiger partial charge in [0.25, 0.3) is 0 Å². The maximum atomic E-state index is 12.9. The molecule has 0 aliphatic heterocycles. The summed E-state index contributed by atoms with van der Waals surface area (Å²) < 4.78 is 16.9. The Labute approximate surface area is 511 Å². The van der Waals surface area contributed by atoms with Gasteiger partial charge in [0.15, 0.2) is 6.10 Å². The van der Waals surface area contributed by atoms with Gasteiger partial charge in [-0.1, -0.05) is 345 Å². The lowest BCUT2D eigenvalue weighted by atomic mass is 10.0. The fraction of sp³-hybridized carbons (Fsp3) is 0.855. The maximum absolute atomic E-state index is 12.9. The Morgan fingerprint density at radius 1 is 0.244 bits per heavy atom. The number of hydrogen-bond acceptors (Lipinski definition) is 6. The van der Waals surface area contributed by atoms with Crippen LogP contribution in [-0.4, -0.2) is 37.2 Å². The van der Waals surface area contributed by atoms with E-state index in [0.717, 1.165) is 70.6 Å². The fourth-order valence-corrected chi connectivity index (χ4v) is 11.0. The van der Waals surface area contributed by atoms with Gasteiger partial charge in [0.05, 0.1) is 0 Å². The first-order chi connectivity index (χ1) is 40.5. The van der Waals surface area contributed by atoms with E-state index in [1.54, 1.807) is 0 Å². The van der Waals surface area contributed by atoms with Gasteiger partial charge in [-0.3, -0.25) is 14.4 Å². The molecule has 0 heterocycles. The first-order valence-electron chi connectivity index (χ1n) is 36.6. The summed E-state index contributed by atoms with van der Waals surface area (Å²) in [4.78, 5) is 38.1. The normalized spacial score (nSPS) is 12.3. The van der Waals surface area contributed by atoms with Crippen molar-refractivity contribution >= 4 is 17.9 Å². The molecule has 0 aromatic heterocycles. The lowest BCUT2D eigenvalue weighted by Crippen LogP contribution is -2.30. The molecule has 0 radical (unpaired) electrons. The third-order valence-electron chi connectivity index (χ3n) is 16.6. The van der Waals surface area contributed by atoms with Gasteiger partial charge in [0, 0.05) is 19.3 Å². The van der Waals surface area contributed by atoms with Crippen LogP contribution >= 0.6 is 0 Å². The van der Waals surface area contributed by atoms with E-state index in [2.05, 4.69) is 69.4 Å². The molecule has 1 unspecified atom stereocenters. The third-order valence-corrected chi connectivity index (χ3v) is 16.6. The van der Waals surface area contributed by atoms with E-state index < -0.39 is 6.10 Å². The number of unbranched alkanes of at least 4 members (excludes halogenated alkanes) is 49. The molecular weight excluding hydrogens is 1010 g/mol. The molecule has 0 aromatic carbocycles. The molecule has 6 heteroatoms. The Balaban J connectivity index is 3.97. The number of carbonyl (C=O) groups is 3. The highest BCUT2D eigenvalue weighted by Gasteiger charge is 2.19. The quantitative estimate of drug-likeness (QED) is 0.0261. The molecule has 0 rings (SSSR count). The molecule has 480 valence electrons. The van der Waals surface area contributed by atoms with Gasteiger partial charge in [-0.05, 0) is 83.5 Å². The summed E-state index contributed by atoms with van der Waals surface area (Å²) in [5, 5.41) is 0. The van der Waals surface area contributed by atoms with Crippen LogP contribution in [0.1, 0.15) is 400 Å². The Hall–Kier alpha value is -2.63. The van der Waals surface area contributed by atoms with Crippen LogP contribution in [0.15, 0.2) is 48.6 Å². The Bertz CT molecular complexity index is 1410. The highest BCUT2D eigenvalue weighted by molar-refractivity contribution is 5.71. The van der Waals surface area contributed by atoms with Crippen molar-refractivity contribution in [2.75, 3.05) is 13.2 Å². The number of carbonyl (C=O) groups excluding carboxylic acids is 3. The lowest BCUT2D eigenvalue weighted by Gasteiger charge is -2.18. The van der Waals surface area contributed by atoms with E-state index in [4.69, 9.17) is 14.2 Å². The largest absolute Gasteiger partial charge is 0.462 e. The Kier molecular flexibility index (Phi) is 68.6. The van der Waals surface area contributed by atoms with Gasteiger partial charge < -0.3 is 14.2 Å². The van der Waals surface area contributed by atoms with Gasteiger partial charge >= 0.3 is 17.9 Å². The molecule has 0 aliphatic carbocycles. The highest BCUT2D eigenvalue weighted by atomic mass is 16.6. The third kappa shape index (κ3) is 68.2. The Morgan fingerprint density at radius 3 is 0.695 bits per heavy atom. The van der Waals surface area contributed by atoms with Crippen molar-refractivity contribution in [3.8, 4) is 0 Å². The number of allylic oxidation sites excluding steroid dienone is 8. The van der Waals surface area contributed by atoms with Crippen molar-refractivity contribution < 1.29 is 28.6 Å². The molecule has 0 spiro atoms. The van der Waals surface area contributed by atoms with Crippen LogP contribution in [0.25, 0.3) is 0 Å². The minimum absolute atomic E-state index is 0.0692. The number of esters is 3. The SMILES string of the molecule is CCCCCCC/C=C\C/C=C\C/C=C\CCCCCCCCCCCCCCC(=O)OC(COC(=O)CCCCCCCC)COC(=O)CCCCCCCCCCCCCCCCCCCCC/C=C\CCCCCCCCCC. The molecule has 0 saturated heterocycles. The van der Waals surface area contributed by atoms with Crippen LogP contribution in [-0.2, 0) is 28.6 Å². The molecule has 0 aromatic rings. The summed E-state index contributed by atoms with van der Waals surface area (Å²) in [6.07, 6.45) is 90.6. The van der Waals surface area contributed by atoms with Crippen LogP contribution in [0.5, 0.6) is 0 Å². The summed E-state index contributed by atoms with van der Waals surface area (Å²) in [5.74, 6) is -0.857. The second kappa shape index (κ2) is 70.9. The minimum Gasteiger partial charge on any atom is -0.462 e. The van der Waals surface area contributed by atoms with Crippen molar-refractivity contribution in [3.63, 3.8) is 0 Å². The van der Waals surface area contributed by atoms with E-state index in [0.29, 0.717) is 19.3 Å². The molecular formula is C76H140O6. The summed E-state index contributed by atoms with van der Waals surface area (Å²) in [6, 6.07) is 0. The van der Waals surface area contributed by atoms with Crippen LogP contribution in [0.4, 0.5) is 0 Å². The molecule has 0 N–H and O–H groups in total. The van der Waals surface area contributed by atoms with E-state index >= 15 is 0 Å². The first kappa shape index (κ1) is 79.4. The smallest absolute Gasteiger partial charge is 0.306 e. The molecule has 1 atom stereocenters. The van der Waals surface area contributed by atoms with Gasteiger partial charge in [0.1, 0.15) is 13.2 Å². The fourth-order valence-electron chi connectivity index (χ4n) is 11.0. The predicted molar refractivity (Wildman–Crippen MR) is 358 cm³/mol. The zero-order valence-corrected chi connectivity index (χ0v) is 55.3. The highest BCUT2D eigenvalue weighted by Crippen LogP contribution is 2.18. The lowest BCUT2D eigenvalue weighted by molar-refractivity contribution is -0.167. The molecule has 0 bridgehead atoms. The summed E-state index contributed by atoms with van der Waals surface area (Å²) in [5.41, 5.74) is 0. The molecule has 0 fully saturated rings. The summed E-state index contributed by atoms with van der Waals surface area (Å²) in [6.45, 7) is 6.63. The molecule has 0 saturated carbocycles. The van der Waals surface area contributed by atoms with Crippen molar-refractivity contribution in [2.45, 2.75) is 406 Å². The van der Waals surface area contributed by atoms with Gasteiger partial charge in [-0.2, -0.15) is 0 Å². The van der Waals surface area contributed by atoms with Crippen molar-refractivity contribution in [2.24, 2.45) is 0 Å². The van der Waals surface area contributed by atoms with Gasteiger partial charge in [0.2, 0.25) is 0 Å². The number of rotatable bonds is 68. The van der Waals surface area contributed by atoms with Gasteiger partial charge in [-0.15, -0.1) is 0 Å². The van der Waals surface area contributed by atoms with Crippen molar-refractivity contribution in [1.29, 1.82) is 0 Å². The number of hydrogen-bond donors (Lipinski definition) is 0. The van der Waals surface area contributed by atoms with Crippen LogP contribution < -0.4 is 0 Å².